The van der Waals surface area contributed by atoms with Crippen molar-refractivity contribution in [3.8, 4) is 0 Å². The number of nitrogens with zero attached hydrogens (tertiary/aromatic N) is 1. The third-order valence-electron chi connectivity index (χ3n) is 20.8. The molecule has 3 aromatic carbocycles. The van der Waals surface area contributed by atoms with Gasteiger partial charge in [-0.25, -0.2) is 9.59 Å². The Labute approximate surface area is 612 Å². The number of carbonyl (C=O) groups excluding carboxylic acids is 10. The fourth-order valence-electron chi connectivity index (χ4n) is 15.6. The standard InChI is InChI=1S/C77H103N9O19/c1-6-12-68-104-63-42-58-57-25-22-54-41-56(87)28-30-75(54,4)69(57)61(88)43-76(58,5)77(63,105-68)62(89)47-102-48-82-66(92)44-81-74(97)103-46-50-18-23-55(24-19-50)83-71(94)59(16-11-31-80-73(78)96)84-72(95)70(49(2)3)85-65(91)29-33-98-35-37-100-39-40-101-38-36-99-34-32-79-64(90)26-27-67(93)86-45-53-15-8-7-13-51(53)20-21-52-14-9-10-17-60(52)86/h7-10,13-15,17-21,23-24,28,30,41,49,57-59,61,63,68-70,88H,6,11-12,16,22,25-27,29,31-40,42-48H2,1-5H3,(H,79,90)(H,81,97)(H,82,92)(H,83,94)(H,84,95)(H,85,91)(H3,78,80,96)/b21-20-/t57-,58?,59-,61-,63+,68?,69?,70-,75-,76-,77+/m0/s1. The molecule has 11 atom stereocenters. The smallest absolute Gasteiger partial charge is 0.407 e. The minimum atomic E-state index is -1.39. The number of alkyl carbamates (subject to hydrolysis) is 1. The number of primary amides is 1. The number of ketones is 2. The highest BCUT2D eigenvalue weighted by Crippen LogP contribution is 2.70. The number of benzene rings is 3. The number of rotatable bonds is 39. The molecule has 0 aromatic heterocycles. The Morgan fingerprint density at radius 3 is 2.15 bits per heavy atom. The van der Waals surface area contributed by atoms with E-state index in [9.17, 15) is 53.1 Å². The van der Waals surface area contributed by atoms with Crippen molar-refractivity contribution < 1.29 is 90.9 Å². The second kappa shape index (κ2) is 38.5. The van der Waals surface area contributed by atoms with E-state index in [0.29, 0.717) is 63.3 Å². The molecule has 2 heterocycles. The van der Waals surface area contributed by atoms with E-state index in [0.717, 1.165) is 40.8 Å². The molecule has 6 aliphatic rings. The van der Waals surface area contributed by atoms with E-state index in [1.54, 1.807) is 55.2 Å². The maximum Gasteiger partial charge on any atom is 0.407 e. The van der Waals surface area contributed by atoms with Gasteiger partial charge < -0.3 is 90.9 Å². The van der Waals surface area contributed by atoms with Gasteiger partial charge in [0, 0.05) is 54.8 Å². The number of anilines is 2. The van der Waals surface area contributed by atoms with Gasteiger partial charge >= 0.3 is 12.1 Å². The number of nitrogens with two attached hydrogens (primary N) is 1. The molecule has 9 amide bonds. The number of Topliss-reactive ketones (excluding diaryl/α,β-unsaturated/α-hetero) is 1. The lowest BCUT2D eigenvalue weighted by atomic mass is 9.46. The van der Waals surface area contributed by atoms with Crippen molar-refractivity contribution >= 4 is 82.7 Å². The number of allylic oxidation sites excluding steroid dienone is 4. The van der Waals surface area contributed by atoms with Crippen LogP contribution in [0.25, 0.3) is 12.2 Å². The number of hydrogen-bond donors (Lipinski definition) is 9. The summed E-state index contributed by atoms with van der Waals surface area (Å²) in [6, 6.07) is 19.1. The van der Waals surface area contributed by atoms with Crippen molar-refractivity contribution in [1.82, 2.24) is 31.9 Å². The number of hydrogen-bond acceptors (Lipinski definition) is 19. The number of para-hydroxylation sites is 1. The van der Waals surface area contributed by atoms with Gasteiger partial charge in [-0.3, -0.25) is 38.4 Å². The Morgan fingerprint density at radius 2 is 1.43 bits per heavy atom. The summed E-state index contributed by atoms with van der Waals surface area (Å²) in [5.41, 5.74) is 8.26. The zero-order valence-electron chi connectivity index (χ0n) is 60.7. The molecule has 105 heavy (non-hydrogen) atoms. The van der Waals surface area contributed by atoms with Gasteiger partial charge in [0.1, 0.15) is 38.6 Å². The molecule has 3 saturated carbocycles. The highest BCUT2D eigenvalue weighted by Gasteiger charge is 2.76. The largest absolute Gasteiger partial charge is 0.445 e. The topological polar surface area (TPSA) is 378 Å². The van der Waals surface area contributed by atoms with Gasteiger partial charge in [0.15, 0.2) is 23.5 Å². The number of carbonyl (C=O) groups is 10. The molecule has 0 spiro atoms. The second-order valence-electron chi connectivity index (χ2n) is 28.2. The van der Waals surface area contributed by atoms with Crippen LogP contribution in [0.15, 0.2) is 96.6 Å². The van der Waals surface area contributed by atoms with Crippen molar-refractivity contribution in [1.29, 1.82) is 0 Å². The maximum atomic E-state index is 14.6. The molecule has 570 valence electrons. The van der Waals surface area contributed by atoms with Gasteiger partial charge in [-0.15, -0.1) is 0 Å². The summed E-state index contributed by atoms with van der Waals surface area (Å²) in [5.74, 6) is -3.55. The van der Waals surface area contributed by atoms with E-state index in [-0.39, 0.29) is 139 Å². The van der Waals surface area contributed by atoms with Gasteiger partial charge in [0.25, 0.3) is 0 Å². The summed E-state index contributed by atoms with van der Waals surface area (Å²) in [5, 5.41) is 30.5. The van der Waals surface area contributed by atoms with Crippen LogP contribution in [0.3, 0.4) is 0 Å². The average Bonchev–Trinajstić information content (AvgIpc) is 1.50. The molecular formula is C77H103N9O19. The minimum Gasteiger partial charge on any atom is -0.445 e. The van der Waals surface area contributed by atoms with E-state index >= 15 is 0 Å². The summed E-state index contributed by atoms with van der Waals surface area (Å²) in [6.07, 6.45) is 10.5. The number of urea groups is 1. The molecule has 3 unspecified atom stereocenters. The van der Waals surface area contributed by atoms with E-state index < -0.39 is 95.9 Å². The summed E-state index contributed by atoms with van der Waals surface area (Å²) in [6.45, 7) is 10.9. The Balaban J connectivity index is 0.611. The molecule has 2 aliphatic heterocycles. The van der Waals surface area contributed by atoms with Crippen LogP contribution in [0.5, 0.6) is 0 Å². The predicted molar refractivity (Wildman–Crippen MR) is 387 cm³/mol. The van der Waals surface area contributed by atoms with E-state index in [4.69, 9.17) is 43.6 Å². The highest BCUT2D eigenvalue weighted by molar-refractivity contribution is 6.02. The van der Waals surface area contributed by atoms with Crippen LogP contribution in [0, 0.1) is 34.5 Å². The first-order valence-electron chi connectivity index (χ1n) is 36.5. The molecular weight excluding hydrogens is 1350 g/mol. The zero-order valence-corrected chi connectivity index (χ0v) is 60.7. The lowest BCUT2D eigenvalue weighted by Gasteiger charge is -2.59. The Bertz CT molecular complexity index is 3640. The average molecular weight is 1460 g/mol. The van der Waals surface area contributed by atoms with Crippen molar-refractivity contribution in [2.45, 2.75) is 155 Å². The molecule has 4 fully saturated rings. The summed E-state index contributed by atoms with van der Waals surface area (Å²) >= 11 is 0. The van der Waals surface area contributed by atoms with Gasteiger partial charge in [-0.05, 0) is 115 Å². The van der Waals surface area contributed by atoms with Crippen LogP contribution in [-0.2, 0) is 89.4 Å². The molecule has 1 saturated heterocycles. The van der Waals surface area contributed by atoms with E-state index in [2.05, 4.69) is 50.2 Å². The second-order valence-corrected chi connectivity index (χ2v) is 28.2. The van der Waals surface area contributed by atoms with Gasteiger partial charge in [-0.1, -0.05) is 119 Å². The monoisotopic (exact) mass is 1460 g/mol. The van der Waals surface area contributed by atoms with Crippen LogP contribution >= 0.6 is 0 Å². The lowest BCUT2D eigenvalue weighted by Crippen LogP contribution is -2.63. The highest BCUT2D eigenvalue weighted by atomic mass is 16.7. The molecule has 4 aliphatic carbocycles. The van der Waals surface area contributed by atoms with Crippen molar-refractivity contribution in [3.63, 3.8) is 0 Å². The maximum absolute atomic E-state index is 14.6. The molecule has 9 rings (SSSR count). The SMILES string of the molecule is CCCC1O[C@@H]2CC3[C@@H]4CCC5=CC(=O)C=C[C@]5(C)C4[C@@H](O)C[C@]3(C)[C@]2(C(=O)COCNC(=O)CNC(=O)OCc2ccc(NC(=O)[C@H](CCCNC(N)=O)NC(=O)[C@@H](NC(=O)CCOCCOCCOCCOCCNC(=O)CCC(=O)N3Cc4ccccc4/C=C\c4ccccc43)C(C)C)cc2)O1. The van der Waals surface area contributed by atoms with Crippen molar-refractivity contribution in [2.75, 3.05) is 96.0 Å². The lowest BCUT2D eigenvalue weighted by molar-refractivity contribution is -0.201. The van der Waals surface area contributed by atoms with Crippen molar-refractivity contribution in [3.05, 3.63) is 119 Å². The molecule has 10 N–H and O–H groups in total. The van der Waals surface area contributed by atoms with Gasteiger partial charge in [0.2, 0.25) is 35.4 Å². The quantitative estimate of drug-likeness (QED) is 0.0240. The number of aliphatic hydroxyl groups is 1. The first kappa shape index (κ1) is 80.4. The van der Waals surface area contributed by atoms with Crippen LogP contribution in [0.1, 0.15) is 128 Å². The van der Waals surface area contributed by atoms with Crippen LogP contribution in [0.4, 0.5) is 21.0 Å². The first-order valence-corrected chi connectivity index (χ1v) is 36.5. The fraction of sp³-hybridized carbons (Fsp3) is 0.558. The molecule has 28 heteroatoms. The molecule has 3 aromatic rings. The van der Waals surface area contributed by atoms with Crippen LogP contribution in [-0.4, -0.2) is 186 Å². The molecule has 0 radical (unpaired) electrons. The summed E-state index contributed by atoms with van der Waals surface area (Å²) < 4.78 is 46.6. The van der Waals surface area contributed by atoms with Crippen LogP contribution in [0.2, 0.25) is 0 Å². The number of amides is 9. The van der Waals surface area contributed by atoms with Crippen molar-refractivity contribution in [2.24, 2.45) is 40.2 Å². The number of fused-ring (bicyclic) bond motifs is 9. The van der Waals surface area contributed by atoms with Gasteiger partial charge in [0.05, 0.1) is 77.3 Å². The van der Waals surface area contributed by atoms with Gasteiger partial charge in [-0.2, -0.15) is 0 Å². The Morgan fingerprint density at radius 1 is 0.733 bits per heavy atom. The Hall–Kier alpha value is -8.74. The normalized spacial score (nSPS) is 24.1. The minimum absolute atomic E-state index is 0.0163. The third kappa shape index (κ3) is 21.1. The zero-order chi connectivity index (χ0) is 75.1. The molecule has 28 nitrogen and oxygen atoms in total. The Kier molecular flexibility index (Phi) is 29.5. The van der Waals surface area contributed by atoms with E-state index in [1.165, 1.54) is 0 Å². The van der Waals surface area contributed by atoms with Crippen LogP contribution < -0.4 is 47.9 Å². The molecule has 0 bridgehead atoms. The summed E-state index contributed by atoms with van der Waals surface area (Å²) in [4.78, 5) is 132. The fourth-order valence-corrected chi connectivity index (χ4v) is 15.6. The number of nitrogens with one attached hydrogen (secondary N) is 7. The predicted octanol–water partition coefficient (Wildman–Crippen LogP) is 5.82. The number of ether oxygens (including phenoxy) is 8. The third-order valence-corrected chi connectivity index (χ3v) is 20.8. The van der Waals surface area contributed by atoms with E-state index in [1.807, 2.05) is 74.5 Å². The summed E-state index contributed by atoms with van der Waals surface area (Å²) in [7, 11) is 0. The first-order chi connectivity index (χ1) is 50.5. The number of aliphatic hydroxyl groups excluding tert-OH is 1.